The van der Waals surface area contributed by atoms with Gasteiger partial charge in [0.15, 0.2) is 0 Å². The van der Waals surface area contributed by atoms with Crippen LogP contribution in [0.4, 0.5) is 0 Å². The molecular weight excluding hydrogens is 232 g/mol. The molecule has 0 saturated carbocycles. The second-order valence-corrected chi connectivity index (χ2v) is 6.70. The van der Waals surface area contributed by atoms with Crippen molar-refractivity contribution in [2.75, 3.05) is 19.6 Å². The van der Waals surface area contributed by atoms with Gasteiger partial charge in [-0.05, 0) is 52.1 Å². The van der Waals surface area contributed by atoms with Crippen molar-refractivity contribution >= 4 is 0 Å². The molecule has 1 saturated heterocycles. The van der Waals surface area contributed by atoms with E-state index in [2.05, 4.69) is 61.3 Å². The highest BCUT2D eigenvalue weighted by Gasteiger charge is 2.25. The predicted molar refractivity (Wildman–Crippen MR) is 82.5 cm³/mol. The van der Waals surface area contributed by atoms with Crippen LogP contribution in [-0.2, 0) is 6.42 Å². The van der Waals surface area contributed by atoms with Crippen molar-refractivity contribution in [3.8, 4) is 0 Å². The highest BCUT2D eigenvalue weighted by Crippen LogP contribution is 2.18. The Morgan fingerprint density at radius 2 is 1.95 bits per heavy atom. The molecule has 0 bridgehead atoms. The van der Waals surface area contributed by atoms with E-state index in [0.717, 1.165) is 12.6 Å². The standard InChI is InChI=1S/C17H28N2/c1-17(2,3)18-14-16-10-7-12-19(16)13-11-15-8-5-4-6-9-15/h4-6,8-9,16,18H,7,10-14H2,1-3H3. The average Bonchev–Trinajstić information content (AvgIpc) is 2.82. The van der Waals surface area contributed by atoms with Gasteiger partial charge in [0.1, 0.15) is 0 Å². The smallest absolute Gasteiger partial charge is 0.0221 e. The molecule has 1 atom stereocenters. The third-order valence-electron chi connectivity index (χ3n) is 3.90. The maximum Gasteiger partial charge on any atom is 0.0221 e. The fourth-order valence-corrected chi connectivity index (χ4v) is 2.76. The first-order valence-electron chi connectivity index (χ1n) is 7.57. The van der Waals surface area contributed by atoms with Gasteiger partial charge in [-0.1, -0.05) is 30.3 Å². The van der Waals surface area contributed by atoms with Crippen molar-refractivity contribution in [2.24, 2.45) is 0 Å². The molecule has 2 rings (SSSR count). The fourth-order valence-electron chi connectivity index (χ4n) is 2.76. The molecule has 1 fully saturated rings. The van der Waals surface area contributed by atoms with Crippen LogP contribution in [0.15, 0.2) is 30.3 Å². The van der Waals surface area contributed by atoms with Gasteiger partial charge in [-0.15, -0.1) is 0 Å². The van der Waals surface area contributed by atoms with E-state index < -0.39 is 0 Å². The summed E-state index contributed by atoms with van der Waals surface area (Å²) in [6, 6.07) is 11.6. The lowest BCUT2D eigenvalue weighted by atomic mass is 10.1. The molecule has 1 aromatic rings. The Morgan fingerprint density at radius 1 is 1.21 bits per heavy atom. The Kier molecular flexibility index (Phi) is 5.00. The molecule has 2 nitrogen and oxygen atoms in total. The molecule has 1 N–H and O–H groups in total. The van der Waals surface area contributed by atoms with E-state index in [-0.39, 0.29) is 5.54 Å². The molecule has 0 amide bonds. The van der Waals surface area contributed by atoms with E-state index >= 15 is 0 Å². The number of nitrogens with zero attached hydrogens (tertiary/aromatic N) is 1. The summed E-state index contributed by atoms with van der Waals surface area (Å²) in [4.78, 5) is 2.66. The second kappa shape index (κ2) is 6.53. The first-order chi connectivity index (χ1) is 9.04. The number of hydrogen-bond donors (Lipinski definition) is 1. The Labute approximate surface area is 118 Å². The Hall–Kier alpha value is -0.860. The summed E-state index contributed by atoms with van der Waals surface area (Å²) in [6.45, 7) is 10.3. The summed E-state index contributed by atoms with van der Waals surface area (Å²) in [6.07, 6.45) is 3.87. The number of benzene rings is 1. The zero-order chi connectivity index (χ0) is 13.7. The van der Waals surface area contributed by atoms with E-state index in [1.165, 1.54) is 37.9 Å². The number of nitrogens with one attached hydrogen (secondary N) is 1. The van der Waals surface area contributed by atoms with Gasteiger partial charge >= 0.3 is 0 Å². The van der Waals surface area contributed by atoms with Crippen LogP contribution in [0.3, 0.4) is 0 Å². The van der Waals surface area contributed by atoms with E-state index in [9.17, 15) is 0 Å². The maximum absolute atomic E-state index is 3.65. The van der Waals surface area contributed by atoms with Crippen LogP contribution in [0.5, 0.6) is 0 Å². The minimum Gasteiger partial charge on any atom is -0.311 e. The topological polar surface area (TPSA) is 15.3 Å². The predicted octanol–water partition coefficient (Wildman–Crippen LogP) is 3.08. The van der Waals surface area contributed by atoms with Crippen molar-refractivity contribution in [1.29, 1.82) is 0 Å². The molecule has 0 spiro atoms. The molecular formula is C17H28N2. The van der Waals surface area contributed by atoms with Crippen molar-refractivity contribution < 1.29 is 0 Å². The first kappa shape index (κ1) is 14.5. The Morgan fingerprint density at radius 3 is 2.63 bits per heavy atom. The lowest BCUT2D eigenvalue weighted by molar-refractivity contribution is 0.236. The minimum absolute atomic E-state index is 0.230. The Balaban J connectivity index is 1.79. The zero-order valence-electron chi connectivity index (χ0n) is 12.7. The van der Waals surface area contributed by atoms with E-state index in [1.807, 2.05) is 0 Å². The first-order valence-corrected chi connectivity index (χ1v) is 7.57. The largest absolute Gasteiger partial charge is 0.311 e. The SMILES string of the molecule is CC(C)(C)NCC1CCCN1CCc1ccccc1. The van der Waals surface area contributed by atoms with Crippen molar-refractivity contribution in [3.05, 3.63) is 35.9 Å². The summed E-state index contributed by atoms with van der Waals surface area (Å²) < 4.78 is 0. The number of rotatable bonds is 5. The normalized spacial score (nSPS) is 20.9. The van der Waals surface area contributed by atoms with Gasteiger partial charge in [-0.25, -0.2) is 0 Å². The summed E-state index contributed by atoms with van der Waals surface area (Å²) >= 11 is 0. The third-order valence-corrected chi connectivity index (χ3v) is 3.90. The fraction of sp³-hybridized carbons (Fsp3) is 0.647. The molecule has 0 aromatic heterocycles. The summed E-state index contributed by atoms with van der Waals surface area (Å²) in [5.74, 6) is 0. The van der Waals surface area contributed by atoms with Crippen LogP contribution in [-0.4, -0.2) is 36.1 Å². The van der Waals surface area contributed by atoms with Gasteiger partial charge in [0.25, 0.3) is 0 Å². The van der Waals surface area contributed by atoms with Crippen LogP contribution < -0.4 is 5.32 Å². The van der Waals surface area contributed by atoms with E-state index in [4.69, 9.17) is 0 Å². The van der Waals surface area contributed by atoms with Crippen LogP contribution in [0.2, 0.25) is 0 Å². The van der Waals surface area contributed by atoms with Crippen molar-refractivity contribution in [3.63, 3.8) is 0 Å². The van der Waals surface area contributed by atoms with Crippen LogP contribution in [0.1, 0.15) is 39.2 Å². The minimum atomic E-state index is 0.230. The molecule has 0 radical (unpaired) electrons. The maximum atomic E-state index is 3.65. The molecule has 1 aromatic carbocycles. The summed E-state index contributed by atoms with van der Waals surface area (Å²) in [7, 11) is 0. The third kappa shape index (κ3) is 4.96. The molecule has 19 heavy (non-hydrogen) atoms. The lowest BCUT2D eigenvalue weighted by Gasteiger charge is -2.29. The Bertz CT molecular complexity index is 367. The molecule has 1 heterocycles. The van der Waals surface area contributed by atoms with Crippen molar-refractivity contribution in [2.45, 2.75) is 51.6 Å². The molecule has 1 aliphatic heterocycles. The number of likely N-dealkylation sites (tertiary alicyclic amines) is 1. The van der Waals surface area contributed by atoms with Crippen molar-refractivity contribution in [1.82, 2.24) is 10.2 Å². The van der Waals surface area contributed by atoms with Crippen LogP contribution in [0.25, 0.3) is 0 Å². The lowest BCUT2D eigenvalue weighted by Crippen LogP contribution is -2.45. The molecule has 0 aliphatic carbocycles. The highest BCUT2D eigenvalue weighted by molar-refractivity contribution is 5.15. The molecule has 106 valence electrons. The zero-order valence-corrected chi connectivity index (χ0v) is 12.7. The second-order valence-electron chi connectivity index (χ2n) is 6.70. The monoisotopic (exact) mass is 260 g/mol. The molecule has 1 aliphatic rings. The van der Waals surface area contributed by atoms with Gasteiger partial charge in [0.2, 0.25) is 0 Å². The van der Waals surface area contributed by atoms with Crippen LogP contribution >= 0.6 is 0 Å². The van der Waals surface area contributed by atoms with Gasteiger partial charge in [0.05, 0.1) is 0 Å². The van der Waals surface area contributed by atoms with E-state index in [1.54, 1.807) is 0 Å². The summed E-state index contributed by atoms with van der Waals surface area (Å²) in [5.41, 5.74) is 1.69. The molecule has 1 unspecified atom stereocenters. The summed E-state index contributed by atoms with van der Waals surface area (Å²) in [5, 5.41) is 3.65. The van der Waals surface area contributed by atoms with E-state index in [0.29, 0.717) is 0 Å². The van der Waals surface area contributed by atoms with Crippen LogP contribution in [0, 0.1) is 0 Å². The molecule has 2 heteroatoms. The van der Waals surface area contributed by atoms with Gasteiger partial charge in [-0.2, -0.15) is 0 Å². The van der Waals surface area contributed by atoms with Gasteiger partial charge in [-0.3, -0.25) is 4.90 Å². The number of hydrogen-bond acceptors (Lipinski definition) is 2. The average molecular weight is 260 g/mol. The quantitative estimate of drug-likeness (QED) is 0.875. The highest BCUT2D eigenvalue weighted by atomic mass is 15.2. The van der Waals surface area contributed by atoms with Gasteiger partial charge in [0, 0.05) is 24.7 Å². The van der Waals surface area contributed by atoms with Gasteiger partial charge < -0.3 is 5.32 Å².